The van der Waals surface area contributed by atoms with Gasteiger partial charge < -0.3 is 15.0 Å². The number of carbonyl (C=O) groups excluding carboxylic acids is 2. The Bertz CT molecular complexity index is 471. The fourth-order valence-electron chi connectivity index (χ4n) is 2.23. The van der Waals surface area contributed by atoms with Gasteiger partial charge in [-0.3, -0.25) is 9.59 Å². The highest BCUT2D eigenvalue weighted by Gasteiger charge is 2.18. The van der Waals surface area contributed by atoms with E-state index in [-0.39, 0.29) is 11.8 Å². The van der Waals surface area contributed by atoms with E-state index in [1.165, 1.54) is 0 Å². The molecule has 0 saturated carbocycles. The average Bonchev–Trinajstić information content (AvgIpc) is 2.47. The molecule has 5 heteroatoms. The molecule has 0 aliphatic carbocycles. The van der Waals surface area contributed by atoms with Crippen molar-refractivity contribution in [2.24, 2.45) is 0 Å². The second-order valence-corrected chi connectivity index (χ2v) is 4.86. The number of piperidine rings is 1. The van der Waals surface area contributed by atoms with Crippen LogP contribution in [0.25, 0.3) is 0 Å². The summed E-state index contributed by atoms with van der Waals surface area (Å²) in [5.41, 5.74) is 0.737. The second-order valence-electron chi connectivity index (χ2n) is 4.86. The van der Waals surface area contributed by atoms with Gasteiger partial charge in [-0.05, 0) is 37.1 Å². The molecular formula is C15H20N2O3. The van der Waals surface area contributed by atoms with Crippen LogP contribution in [0.5, 0.6) is 5.75 Å². The Labute approximate surface area is 118 Å². The van der Waals surface area contributed by atoms with Crippen molar-refractivity contribution in [1.82, 2.24) is 4.90 Å². The quantitative estimate of drug-likeness (QED) is 0.895. The van der Waals surface area contributed by atoms with Crippen LogP contribution < -0.4 is 10.1 Å². The number of nitrogens with one attached hydrogen (secondary N) is 1. The highest BCUT2D eigenvalue weighted by atomic mass is 16.5. The van der Waals surface area contributed by atoms with Gasteiger partial charge in [0.05, 0.1) is 7.11 Å². The van der Waals surface area contributed by atoms with Gasteiger partial charge in [-0.15, -0.1) is 0 Å². The van der Waals surface area contributed by atoms with Gasteiger partial charge in [-0.2, -0.15) is 0 Å². The summed E-state index contributed by atoms with van der Waals surface area (Å²) in [5.74, 6) is 0.837. The van der Waals surface area contributed by atoms with Gasteiger partial charge in [-0.25, -0.2) is 0 Å². The minimum Gasteiger partial charge on any atom is -0.497 e. The number of anilines is 1. The third kappa shape index (κ3) is 3.98. The van der Waals surface area contributed by atoms with Crippen molar-refractivity contribution in [1.29, 1.82) is 0 Å². The number of methoxy groups -OCH3 is 1. The summed E-state index contributed by atoms with van der Waals surface area (Å²) >= 11 is 0. The van der Waals surface area contributed by atoms with Crippen LogP contribution in [-0.4, -0.2) is 36.9 Å². The van der Waals surface area contributed by atoms with E-state index in [2.05, 4.69) is 5.32 Å². The van der Waals surface area contributed by atoms with E-state index in [1.807, 2.05) is 0 Å². The SMILES string of the molecule is COc1ccc(NC(=O)CCN2CCCCC2=O)cc1. The lowest BCUT2D eigenvalue weighted by Crippen LogP contribution is -2.37. The fourth-order valence-corrected chi connectivity index (χ4v) is 2.23. The second kappa shape index (κ2) is 6.93. The summed E-state index contributed by atoms with van der Waals surface area (Å²) in [5, 5.41) is 2.82. The highest BCUT2D eigenvalue weighted by molar-refractivity contribution is 5.91. The van der Waals surface area contributed by atoms with Gasteiger partial charge in [0.15, 0.2) is 0 Å². The summed E-state index contributed by atoms with van der Waals surface area (Å²) in [6, 6.07) is 7.18. The number of benzene rings is 1. The Morgan fingerprint density at radius 3 is 2.70 bits per heavy atom. The first-order valence-electron chi connectivity index (χ1n) is 6.91. The van der Waals surface area contributed by atoms with E-state index < -0.39 is 0 Å². The van der Waals surface area contributed by atoms with Gasteiger partial charge >= 0.3 is 0 Å². The molecule has 0 unspecified atom stereocenters. The molecule has 0 atom stereocenters. The highest BCUT2D eigenvalue weighted by Crippen LogP contribution is 2.15. The summed E-state index contributed by atoms with van der Waals surface area (Å²) in [6.45, 7) is 1.27. The number of ether oxygens (including phenoxy) is 1. The molecule has 2 rings (SSSR count). The number of carbonyl (C=O) groups is 2. The Morgan fingerprint density at radius 2 is 2.05 bits per heavy atom. The summed E-state index contributed by atoms with van der Waals surface area (Å²) in [6.07, 6.45) is 2.94. The normalized spacial score (nSPS) is 15.1. The maximum absolute atomic E-state index is 11.8. The van der Waals surface area contributed by atoms with E-state index in [1.54, 1.807) is 36.3 Å². The van der Waals surface area contributed by atoms with Crippen molar-refractivity contribution >= 4 is 17.5 Å². The molecule has 1 saturated heterocycles. The summed E-state index contributed by atoms with van der Waals surface area (Å²) in [4.78, 5) is 25.2. The standard InChI is InChI=1S/C15H20N2O3/c1-20-13-7-5-12(6-8-13)16-14(18)9-11-17-10-3-2-4-15(17)19/h5-8H,2-4,9-11H2,1H3,(H,16,18). The van der Waals surface area contributed by atoms with Crippen molar-refractivity contribution in [2.45, 2.75) is 25.7 Å². The van der Waals surface area contributed by atoms with Crippen molar-refractivity contribution < 1.29 is 14.3 Å². The molecular weight excluding hydrogens is 256 g/mol. The van der Waals surface area contributed by atoms with Gasteiger partial charge in [-0.1, -0.05) is 0 Å². The molecule has 1 fully saturated rings. The van der Waals surface area contributed by atoms with Crippen molar-refractivity contribution in [3.63, 3.8) is 0 Å². The van der Waals surface area contributed by atoms with E-state index in [0.29, 0.717) is 19.4 Å². The minimum absolute atomic E-state index is 0.0754. The fraction of sp³-hybridized carbons (Fsp3) is 0.467. The zero-order chi connectivity index (χ0) is 14.4. The summed E-state index contributed by atoms with van der Waals surface area (Å²) in [7, 11) is 1.60. The molecule has 1 aromatic rings. The minimum atomic E-state index is -0.0754. The lowest BCUT2D eigenvalue weighted by Gasteiger charge is -2.26. The number of rotatable bonds is 5. The smallest absolute Gasteiger partial charge is 0.226 e. The van der Waals surface area contributed by atoms with E-state index in [4.69, 9.17) is 4.74 Å². The van der Waals surface area contributed by atoms with E-state index in [9.17, 15) is 9.59 Å². The lowest BCUT2D eigenvalue weighted by molar-refractivity contribution is -0.133. The Balaban J connectivity index is 1.78. The van der Waals surface area contributed by atoms with Crippen LogP contribution in [0.4, 0.5) is 5.69 Å². The third-order valence-electron chi connectivity index (χ3n) is 3.40. The van der Waals surface area contributed by atoms with Crippen LogP contribution in [0.3, 0.4) is 0 Å². The number of amides is 2. The zero-order valence-corrected chi connectivity index (χ0v) is 11.7. The predicted octanol–water partition coefficient (Wildman–Crippen LogP) is 2.04. The Hall–Kier alpha value is -2.04. The maximum Gasteiger partial charge on any atom is 0.226 e. The van der Waals surface area contributed by atoms with Gasteiger partial charge in [0.2, 0.25) is 11.8 Å². The maximum atomic E-state index is 11.8. The van der Waals surface area contributed by atoms with E-state index in [0.717, 1.165) is 30.8 Å². The summed E-state index contributed by atoms with van der Waals surface area (Å²) < 4.78 is 5.06. The first-order valence-corrected chi connectivity index (χ1v) is 6.91. The van der Waals surface area contributed by atoms with Crippen molar-refractivity contribution in [3.05, 3.63) is 24.3 Å². The van der Waals surface area contributed by atoms with Gasteiger partial charge in [0, 0.05) is 31.6 Å². The van der Waals surface area contributed by atoms with E-state index >= 15 is 0 Å². The number of hydrogen-bond acceptors (Lipinski definition) is 3. The molecule has 5 nitrogen and oxygen atoms in total. The molecule has 1 N–H and O–H groups in total. The monoisotopic (exact) mass is 276 g/mol. The molecule has 0 radical (unpaired) electrons. The molecule has 0 spiro atoms. The van der Waals surface area contributed by atoms with Gasteiger partial charge in [0.1, 0.15) is 5.75 Å². The van der Waals surface area contributed by atoms with Crippen LogP contribution in [-0.2, 0) is 9.59 Å². The first kappa shape index (κ1) is 14.4. The molecule has 1 heterocycles. The van der Waals surface area contributed by atoms with Crippen molar-refractivity contribution in [3.8, 4) is 5.75 Å². The number of likely N-dealkylation sites (tertiary alicyclic amines) is 1. The Morgan fingerprint density at radius 1 is 1.30 bits per heavy atom. The number of nitrogens with zero attached hydrogens (tertiary/aromatic N) is 1. The lowest BCUT2D eigenvalue weighted by atomic mass is 10.1. The molecule has 1 aliphatic rings. The van der Waals surface area contributed by atoms with Gasteiger partial charge in [0.25, 0.3) is 0 Å². The largest absolute Gasteiger partial charge is 0.497 e. The molecule has 20 heavy (non-hydrogen) atoms. The topological polar surface area (TPSA) is 58.6 Å². The van der Waals surface area contributed by atoms with Crippen molar-refractivity contribution in [2.75, 3.05) is 25.5 Å². The molecule has 0 bridgehead atoms. The molecule has 2 amide bonds. The third-order valence-corrected chi connectivity index (χ3v) is 3.40. The molecule has 108 valence electrons. The van der Waals surface area contributed by atoms with Crippen LogP contribution in [0.2, 0.25) is 0 Å². The predicted molar refractivity (Wildman–Crippen MR) is 76.7 cm³/mol. The molecule has 1 aromatic carbocycles. The van der Waals surface area contributed by atoms with Crippen LogP contribution in [0, 0.1) is 0 Å². The Kier molecular flexibility index (Phi) is 4.98. The average molecular weight is 276 g/mol. The first-order chi connectivity index (χ1) is 9.69. The van der Waals surface area contributed by atoms with Crippen LogP contribution in [0.1, 0.15) is 25.7 Å². The number of hydrogen-bond donors (Lipinski definition) is 1. The molecule has 1 aliphatic heterocycles. The molecule has 0 aromatic heterocycles. The zero-order valence-electron chi connectivity index (χ0n) is 11.7. The van der Waals surface area contributed by atoms with Crippen LogP contribution >= 0.6 is 0 Å². The van der Waals surface area contributed by atoms with Crippen LogP contribution in [0.15, 0.2) is 24.3 Å².